The van der Waals surface area contributed by atoms with E-state index in [9.17, 15) is 19.7 Å². The van der Waals surface area contributed by atoms with Crippen molar-refractivity contribution in [1.82, 2.24) is 9.78 Å². The maximum Gasteiger partial charge on any atom is 0.349 e. The minimum absolute atomic E-state index is 0.158. The molecule has 0 aliphatic heterocycles. The summed E-state index contributed by atoms with van der Waals surface area (Å²) in [6, 6.07) is 6.67. The molecule has 3 aromatic rings. The van der Waals surface area contributed by atoms with E-state index in [0.717, 1.165) is 4.68 Å². The first-order valence-corrected chi connectivity index (χ1v) is 6.25. The highest BCUT2D eigenvalue weighted by molar-refractivity contribution is 5.97. The van der Waals surface area contributed by atoms with E-state index in [2.05, 4.69) is 5.10 Å². The molecule has 0 saturated carbocycles. The zero-order valence-electron chi connectivity index (χ0n) is 11.3. The third-order valence-corrected chi connectivity index (χ3v) is 3.09. The van der Waals surface area contributed by atoms with Crippen molar-refractivity contribution in [1.29, 1.82) is 0 Å². The molecule has 2 heterocycles. The van der Waals surface area contributed by atoms with Crippen LogP contribution in [-0.4, -0.2) is 20.6 Å². The number of non-ortho nitro benzene ring substituents is 1. The molecule has 8 nitrogen and oxygen atoms in total. The maximum atomic E-state index is 12.2. The largest absolute Gasteiger partial charge is 0.422 e. The van der Waals surface area contributed by atoms with Gasteiger partial charge >= 0.3 is 5.63 Å². The van der Waals surface area contributed by atoms with E-state index in [0.29, 0.717) is 11.1 Å². The van der Waals surface area contributed by atoms with E-state index in [-0.39, 0.29) is 16.8 Å². The molecular formula is C14H9N3O5. The highest BCUT2D eigenvalue weighted by Crippen LogP contribution is 2.20. The van der Waals surface area contributed by atoms with Gasteiger partial charge < -0.3 is 4.42 Å². The average molecular weight is 299 g/mol. The van der Waals surface area contributed by atoms with E-state index >= 15 is 0 Å². The summed E-state index contributed by atoms with van der Waals surface area (Å²) < 4.78 is 6.06. The molecular weight excluding hydrogens is 290 g/mol. The molecule has 110 valence electrons. The summed E-state index contributed by atoms with van der Waals surface area (Å²) in [5.41, 5.74) is -0.428. The number of carbonyl (C=O) groups excluding carboxylic acids is 1. The number of aryl methyl sites for hydroxylation is 1. The van der Waals surface area contributed by atoms with E-state index in [1.165, 1.54) is 30.5 Å². The lowest BCUT2D eigenvalue weighted by Crippen LogP contribution is -2.21. The summed E-state index contributed by atoms with van der Waals surface area (Å²) in [5.74, 6) is -0.657. The smallest absolute Gasteiger partial charge is 0.349 e. The topological polar surface area (TPSA) is 108 Å². The Morgan fingerprint density at radius 3 is 2.73 bits per heavy atom. The van der Waals surface area contributed by atoms with Crippen molar-refractivity contribution in [3.05, 3.63) is 68.3 Å². The molecule has 0 amide bonds. The number of carbonyl (C=O) groups is 1. The zero-order valence-corrected chi connectivity index (χ0v) is 11.3. The lowest BCUT2D eigenvalue weighted by Gasteiger charge is -2.02. The van der Waals surface area contributed by atoms with Gasteiger partial charge in [0.15, 0.2) is 0 Å². The number of nitro groups is 1. The second-order valence-corrected chi connectivity index (χ2v) is 4.63. The maximum absolute atomic E-state index is 12.2. The quantitative estimate of drug-likeness (QED) is 0.406. The zero-order chi connectivity index (χ0) is 15.9. The normalized spacial score (nSPS) is 10.8. The van der Waals surface area contributed by atoms with Gasteiger partial charge in [-0.3, -0.25) is 14.9 Å². The summed E-state index contributed by atoms with van der Waals surface area (Å²) in [4.78, 5) is 34.4. The van der Waals surface area contributed by atoms with E-state index in [1.54, 1.807) is 13.0 Å². The van der Waals surface area contributed by atoms with Crippen molar-refractivity contribution >= 4 is 22.6 Å². The van der Waals surface area contributed by atoms with Gasteiger partial charge in [0.1, 0.15) is 11.1 Å². The predicted octanol–water partition coefficient (Wildman–Crippen LogP) is 1.89. The lowest BCUT2D eigenvalue weighted by molar-refractivity contribution is -0.384. The standard InChI is InChI=1S/C14H9N3O5/c1-8-4-5-16(15-8)13(18)11-7-9-6-10(17(20)21)2-3-12(9)22-14(11)19/h2-7H,1H3. The monoisotopic (exact) mass is 299 g/mol. The first-order chi connectivity index (χ1) is 10.5. The first kappa shape index (κ1) is 13.7. The Hall–Kier alpha value is -3.29. The Balaban J connectivity index is 2.17. The summed E-state index contributed by atoms with van der Waals surface area (Å²) in [7, 11) is 0. The Kier molecular flexibility index (Phi) is 3.06. The second-order valence-electron chi connectivity index (χ2n) is 4.63. The molecule has 0 fully saturated rings. The fourth-order valence-electron chi connectivity index (χ4n) is 2.03. The van der Waals surface area contributed by atoms with Crippen LogP contribution in [0.2, 0.25) is 0 Å². The Bertz CT molecular complexity index is 970. The SMILES string of the molecule is Cc1ccn(C(=O)c2cc3cc([N+](=O)[O-])ccc3oc2=O)n1. The molecule has 2 aromatic heterocycles. The van der Waals surface area contributed by atoms with Crippen LogP contribution in [-0.2, 0) is 0 Å². The molecule has 0 unspecified atom stereocenters. The molecule has 1 aromatic carbocycles. The van der Waals surface area contributed by atoms with Gasteiger partial charge in [-0.15, -0.1) is 0 Å². The van der Waals surface area contributed by atoms with Crippen LogP contribution in [0.3, 0.4) is 0 Å². The van der Waals surface area contributed by atoms with Crippen molar-refractivity contribution < 1.29 is 14.1 Å². The van der Waals surface area contributed by atoms with Gasteiger partial charge in [0.2, 0.25) is 0 Å². The molecule has 0 N–H and O–H groups in total. The molecule has 0 saturated heterocycles. The molecule has 0 spiro atoms. The van der Waals surface area contributed by atoms with Crippen molar-refractivity contribution in [3.8, 4) is 0 Å². The summed E-state index contributed by atoms with van der Waals surface area (Å²) in [6.45, 7) is 1.70. The van der Waals surface area contributed by atoms with Gasteiger partial charge in [0.25, 0.3) is 11.6 Å². The average Bonchev–Trinajstić information content (AvgIpc) is 2.92. The fraction of sp³-hybridized carbons (Fsp3) is 0.0714. The van der Waals surface area contributed by atoms with E-state index in [4.69, 9.17) is 4.42 Å². The van der Waals surface area contributed by atoms with Gasteiger partial charge in [0, 0.05) is 23.7 Å². The van der Waals surface area contributed by atoms with Crippen LogP contribution in [0.5, 0.6) is 0 Å². The van der Waals surface area contributed by atoms with Gasteiger partial charge in [0.05, 0.1) is 10.6 Å². The Morgan fingerprint density at radius 1 is 1.32 bits per heavy atom. The highest BCUT2D eigenvalue weighted by Gasteiger charge is 2.17. The van der Waals surface area contributed by atoms with Gasteiger partial charge in [-0.25, -0.2) is 9.48 Å². The number of rotatable bonds is 2. The van der Waals surface area contributed by atoms with Crippen molar-refractivity contribution in [2.24, 2.45) is 0 Å². The molecule has 0 atom stereocenters. The van der Waals surface area contributed by atoms with Crippen molar-refractivity contribution in [2.45, 2.75) is 6.92 Å². The number of fused-ring (bicyclic) bond motifs is 1. The fourth-order valence-corrected chi connectivity index (χ4v) is 2.03. The number of benzene rings is 1. The molecule has 8 heteroatoms. The number of nitro benzene ring substituents is 1. The number of hydrogen-bond acceptors (Lipinski definition) is 6. The van der Waals surface area contributed by atoms with Crippen LogP contribution < -0.4 is 5.63 Å². The number of nitrogens with zero attached hydrogens (tertiary/aromatic N) is 3. The lowest BCUT2D eigenvalue weighted by atomic mass is 10.1. The van der Waals surface area contributed by atoms with Gasteiger partial charge in [-0.2, -0.15) is 5.10 Å². The predicted molar refractivity (Wildman–Crippen MR) is 75.8 cm³/mol. The number of aromatic nitrogens is 2. The van der Waals surface area contributed by atoms with Crippen LogP contribution in [0.25, 0.3) is 11.0 Å². The minimum Gasteiger partial charge on any atom is -0.422 e. The van der Waals surface area contributed by atoms with Crippen LogP contribution in [0, 0.1) is 17.0 Å². The molecule has 0 aliphatic carbocycles. The van der Waals surface area contributed by atoms with Crippen molar-refractivity contribution in [3.63, 3.8) is 0 Å². The van der Waals surface area contributed by atoms with E-state index in [1.807, 2.05) is 0 Å². The summed E-state index contributed by atoms with van der Waals surface area (Å²) >= 11 is 0. The molecule has 0 bridgehead atoms. The molecule has 0 radical (unpaired) electrons. The summed E-state index contributed by atoms with van der Waals surface area (Å²) in [5, 5.41) is 15.0. The second kappa shape index (κ2) is 4.92. The third-order valence-electron chi connectivity index (χ3n) is 3.09. The van der Waals surface area contributed by atoms with Crippen LogP contribution >= 0.6 is 0 Å². The van der Waals surface area contributed by atoms with Crippen molar-refractivity contribution in [2.75, 3.05) is 0 Å². The Morgan fingerprint density at radius 2 is 2.09 bits per heavy atom. The van der Waals surface area contributed by atoms with Crippen LogP contribution in [0.1, 0.15) is 16.1 Å². The van der Waals surface area contributed by atoms with Gasteiger partial charge in [-0.1, -0.05) is 0 Å². The highest BCUT2D eigenvalue weighted by atomic mass is 16.6. The molecule has 3 rings (SSSR count). The molecule has 0 aliphatic rings. The Labute approximate surface area is 122 Å². The van der Waals surface area contributed by atoms with Gasteiger partial charge in [-0.05, 0) is 25.1 Å². The summed E-state index contributed by atoms with van der Waals surface area (Å²) in [6.07, 6.45) is 1.43. The molecule has 22 heavy (non-hydrogen) atoms. The third kappa shape index (κ3) is 2.26. The number of hydrogen-bond donors (Lipinski definition) is 0. The van der Waals surface area contributed by atoms with Crippen LogP contribution in [0.4, 0.5) is 5.69 Å². The van der Waals surface area contributed by atoms with Crippen LogP contribution in [0.15, 0.2) is 45.7 Å². The minimum atomic E-state index is -0.820. The first-order valence-electron chi connectivity index (χ1n) is 6.25. The van der Waals surface area contributed by atoms with E-state index < -0.39 is 16.5 Å².